The number of hydrogen-bond donors (Lipinski definition) is 2. The Balaban J connectivity index is 1.87. The molecule has 0 atom stereocenters. The fourth-order valence-electron chi connectivity index (χ4n) is 4.08. The van der Waals surface area contributed by atoms with E-state index in [1.54, 1.807) is 18.5 Å². The van der Waals surface area contributed by atoms with Gasteiger partial charge in [0.1, 0.15) is 5.82 Å². The molecule has 2 heterocycles. The van der Waals surface area contributed by atoms with Crippen molar-refractivity contribution in [2.75, 3.05) is 18.0 Å². The molecule has 2 aromatic carbocycles. The van der Waals surface area contributed by atoms with Crippen molar-refractivity contribution in [3.8, 4) is 22.3 Å². The Morgan fingerprint density at radius 2 is 1.59 bits per heavy atom. The highest BCUT2D eigenvalue weighted by atomic mass is 19.4. The molecule has 168 valence electrons. The number of benzene rings is 2. The summed E-state index contributed by atoms with van der Waals surface area (Å²) in [4.78, 5) is 6.43. The molecule has 0 aliphatic carbocycles. The third-order valence-electron chi connectivity index (χ3n) is 5.75. The number of anilines is 1. The first-order valence-electron chi connectivity index (χ1n) is 10.3. The summed E-state index contributed by atoms with van der Waals surface area (Å²) < 4.78 is 53.3. The van der Waals surface area contributed by atoms with Gasteiger partial charge < -0.3 is 15.7 Å². The van der Waals surface area contributed by atoms with Crippen LogP contribution in [-0.4, -0.2) is 29.2 Å². The zero-order chi connectivity index (χ0) is 22.9. The third-order valence-corrected chi connectivity index (χ3v) is 5.75. The second-order valence-electron chi connectivity index (χ2n) is 7.99. The monoisotopic (exact) mass is 445 g/mol. The van der Waals surface area contributed by atoms with E-state index in [4.69, 9.17) is 5.73 Å². The van der Waals surface area contributed by atoms with Crippen molar-refractivity contribution in [3.63, 3.8) is 0 Å². The molecule has 4 rings (SSSR count). The number of aliphatic hydroxyl groups excluding tert-OH is 1. The van der Waals surface area contributed by atoms with Gasteiger partial charge in [0.15, 0.2) is 0 Å². The smallest absolute Gasteiger partial charge is 0.392 e. The van der Waals surface area contributed by atoms with Crippen LogP contribution in [-0.2, 0) is 12.8 Å². The van der Waals surface area contributed by atoms with Crippen molar-refractivity contribution in [1.82, 2.24) is 4.98 Å². The highest BCUT2D eigenvalue weighted by molar-refractivity contribution is 5.90. The van der Waals surface area contributed by atoms with Gasteiger partial charge in [-0.1, -0.05) is 12.1 Å². The van der Waals surface area contributed by atoms with E-state index in [1.807, 2.05) is 0 Å². The number of alkyl halides is 3. The maximum absolute atomic E-state index is 14.2. The van der Waals surface area contributed by atoms with Crippen LogP contribution in [0.15, 0.2) is 54.9 Å². The summed E-state index contributed by atoms with van der Waals surface area (Å²) in [6.45, 7) is 1.01. The first-order chi connectivity index (χ1) is 15.3. The Morgan fingerprint density at radius 3 is 2.19 bits per heavy atom. The van der Waals surface area contributed by atoms with Gasteiger partial charge in [0.2, 0.25) is 0 Å². The maximum Gasteiger partial charge on any atom is 0.416 e. The average molecular weight is 445 g/mol. The molecule has 1 saturated heterocycles. The Kier molecular flexibility index (Phi) is 6.17. The molecule has 1 fully saturated rings. The molecule has 8 heteroatoms. The molecule has 0 unspecified atom stereocenters. The predicted molar refractivity (Wildman–Crippen MR) is 115 cm³/mol. The Hall–Kier alpha value is -2.97. The van der Waals surface area contributed by atoms with Crippen molar-refractivity contribution in [2.24, 2.45) is 5.73 Å². The van der Waals surface area contributed by atoms with Gasteiger partial charge in [-0.2, -0.15) is 13.2 Å². The zero-order valence-electron chi connectivity index (χ0n) is 17.2. The van der Waals surface area contributed by atoms with Crippen molar-refractivity contribution in [1.29, 1.82) is 0 Å². The van der Waals surface area contributed by atoms with Gasteiger partial charge >= 0.3 is 6.18 Å². The van der Waals surface area contributed by atoms with E-state index in [-0.39, 0.29) is 12.6 Å². The van der Waals surface area contributed by atoms with E-state index in [1.165, 1.54) is 24.3 Å². The minimum Gasteiger partial charge on any atom is -0.392 e. The van der Waals surface area contributed by atoms with E-state index in [0.717, 1.165) is 30.7 Å². The summed E-state index contributed by atoms with van der Waals surface area (Å²) in [6, 6.07) is 9.34. The molecule has 0 amide bonds. The van der Waals surface area contributed by atoms with E-state index < -0.39 is 17.6 Å². The summed E-state index contributed by atoms with van der Waals surface area (Å²) in [6.07, 6.45) is 0.334. The summed E-state index contributed by atoms with van der Waals surface area (Å²) >= 11 is 0. The van der Waals surface area contributed by atoms with Crippen LogP contribution < -0.4 is 10.6 Å². The number of nitrogens with zero attached hydrogens (tertiary/aromatic N) is 2. The first-order valence-corrected chi connectivity index (χ1v) is 10.3. The molecular weight excluding hydrogens is 422 g/mol. The second-order valence-corrected chi connectivity index (χ2v) is 7.99. The summed E-state index contributed by atoms with van der Waals surface area (Å²) in [5.41, 5.74) is 8.95. The number of rotatable bonds is 4. The van der Waals surface area contributed by atoms with Gasteiger partial charge in [0.05, 0.1) is 17.9 Å². The molecule has 3 N–H and O–H groups in total. The molecule has 4 nitrogen and oxygen atoms in total. The van der Waals surface area contributed by atoms with Crippen LogP contribution in [0, 0.1) is 5.82 Å². The van der Waals surface area contributed by atoms with Gasteiger partial charge in [-0.3, -0.25) is 4.98 Å². The van der Waals surface area contributed by atoms with Gasteiger partial charge in [0.25, 0.3) is 0 Å². The molecule has 3 aromatic rings. The topological polar surface area (TPSA) is 62.4 Å². The molecule has 1 aliphatic rings. The third kappa shape index (κ3) is 4.61. The van der Waals surface area contributed by atoms with Crippen molar-refractivity contribution in [2.45, 2.75) is 31.7 Å². The number of aliphatic hydroxyl groups is 1. The van der Waals surface area contributed by atoms with Crippen molar-refractivity contribution >= 4 is 5.69 Å². The Bertz CT molecular complexity index is 1090. The lowest BCUT2D eigenvalue weighted by Gasteiger charge is -2.35. The van der Waals surface area contributed by atoms with Crippen molar-refractivity contribution in [3.05, 3.63) is 71.8 Å². The van der Waals surface area contributed by atoms with Crippen LogP contribution >= 0.6 is 0 Å². The lowest BCUT2D eigenvalue weighted by Crippen LogP contribution is -2.40. The molecule has 0 bridgehead atoms. The van der Waals surface area contributed by atoms with Gasteiger partial charge in [-0.05, 0) is 59.9 Å². The maximum atomic E-state index is 14.2. The van der Waals surface area contributed by atoms with E-state index in [2.05, 4.69) is 9.88 Å². The number of piperidine rings is 1. The number of aromatic nitrogens is 1. The van der Waals surface area contributed by atoms with E-state index in [0.29, 0.717) is 40.9 Å². The zero-order valence-corrected chi connectivity index (χ0v) is 17.2. The molecule has 0 spiro atoms. The summed E-state index contributed by atoms with van der Waals surface area (Å²) in [7, 11) is 0. The highest BCUT2D eigenvalue weighted by Gasteiger charge is 2.30. The largest absolute Gasteiger partial charge is 0.416 e. The molecule has 1 aliphatic heterocycles. The minimum absolute atomic E-state index is 0.0845. The van der Waals surface area contributed by atoms with Crippen LogP contribution in [0.4, 0.5) is 23.2 Å². The number of nitrogens with two attached hydrogens (primary N) is 1. The fraction of sp³-hybridized carbons (Fsp3) is 0.292. The summed E-state index contributed by atoms with van der Waals surface area (Å²) in [5, 5.41) is 9.51. The lowest BCUT2D eigenvalue weighted by molar-refractivity contribution is -0.137. The Labute approximate surface area is 183 Å². The van der Waals surface area contributed by atoms with Gasteiger partial charge in [-0.25, -0.2) is 4.39 Å². The minimum atomic E-state index is -4.42. The second kappa shape index (κ2) is 8.88. The van der Waals surface area contributed by atoms with Crippen LogP contribution in [0.2, 0.25) is 0 Å². The average Bonchev–Trinajstić information content (AvgIpc) is 2.78. The van der Waals surface area contributed by atoms with Gasteiger partial charge in [0, 0.05) is 42.7 Å². The molecular formula is C24H23F4N3O. The quantitative estimate of drug-likeness (QED) is 0.556. The first kappa shape index (κ1) is 22.2. The Morgan fingerprint density at radius 1 is 0.969 bits per heavy atom. The van der Waals surface area contributed by atoms with Crippen LogP contribution in [0.3, 0.4) is 0 Å². The highest BCUT2D eigenvalue weighted by Crippen LogP contribution is 2.41. The normalized spacial score (nSPS) is 15.2. The van der Waals surface area contributed by atoms with E-state index in [9.17, 15) is 22.7 Å². The SMILES string of the molecule is NC1CCN(c2c(-c3ccc(C(F)(F)F)cc3)cncc2-c2cc(F)cc(CO)c2)CC1. The summed E-state index contributed by atoms with van der Waals surface area (Å²) in [5.74, 6) is -0.488. The number of pyridine rings is 1. The molecule has 32 heavy (non-hydrogen) atoms. The number of halogens is 4. The molecule has 1 aromatic heterocycles. The number of hydrogen-bond acceptors (Lipinski definition) is 4. The van der Waals surface area contributed by atoms with Crippen molar-refractivity contribution < 1.29 is 22.7 Å². The standard InChI is InChI=1S/C24H23F4N3O/c25-19-10-15(14-32)9-17(11-19)22-13-30-12-21(23(22)31-7-5-20(29)6-8-31)16-1-3-18(4-2-16)24(26,27)28/h1-4,9-13,20,32H,5-8,14,29H2. The van der Waals surface area contributed by atoms with Gasteiger partial charge in [-0.15, -0.1) is 0 Å². The predicted octanol–water partition coefficient (Wildman–Crippen LogP) is 4.99. The molecule has 0 saturated carbocycles. The van der Waals surface area contributed by atoms with E-state index >= 15 is 0 Å². The van der Waals surface area contributed by atoms with Crippen LogP contribution in [0.25, 0.3) is 22.3 Å². The van der Waals surface area contributed by atoms with Crippen LogP contribution in [0.5, 0.6) is 0 Å². The lowest BCUT2D eigenvalue weighted by atomic mass is 9.94. The fourth-order valence-corrected chi connectivity index (χ4v) is 4.08. The molecule has 0 radical (unpaired) electrons. The van der Waals surface area contributed by atoms with Crippen LogP contribution in [0.1, 0.15) is 24.0 Å².